The molecular formula is C13H26N2O. The van der Waals surface area contributed by atoms with Gasteiger partial charge in [0.25, 0.3) is 0 Å². The molecule has 1 aliphatic heterocycles. The van der Waals surface area contributed by atoms with Crippen molar-refractivity contribution in [3.63, 3.8) is 0 Å². The number of likely N-dealkylation sites (tertiary alicyclic amines) is 1. The molecule has 2 aliphatic rings. The van der Waals surface area contributed by atoms with E-state index in [0.717, 1.165) is 31.7 Å². The Morgan fingerprint density at radius 2 is 2.19 bits per heavy atom. The molecule has 1 unspecified atom stereocenters. The largest absolute Gasteiger partial charge is 0.383 e. The summed E-state index contributed by atoms with van der Waals surface area (Å²) < 4.78 is 5.04. The highest BCUT2D eigenvalue weighted by Gasteiger charge is 2.27. The standard InChI is InChI=1S/C13H26N2O/c1-16-10-7-14-11-13-3-2-8-15(13)9-6-12-4-5-12/h12-14H,2-11H2,1H3. The summed E-state index contributed by atoms with van der Waals surface area (Å²) in [5, 5.41) is 3.49. The molecule has 3 nitrogen and oxygen atoms in total. The second-order valence-electron chi connectivity index (χ2n) is 5.26. The first-order valence-electron chi connectivity index (χ1n) is 6.84. The van der Waals surface area contributed by atoms with Gasteiger partial charge in [-0.15, -0.1) is 0 Å². The Bertz CT molecular complexity index is 194. The normalized spacial score (nSPS) is 26.4. The first-order chi connectivity index (χ1) is 7.90. The zero-order valence-corrected chi connectivity index (χ0v) is 10.6. The lowest BCUT2D eigenvalue weighted by atomic mass is 10.2. The van der Waals surface area contributed by atoms with Crippen molar-refractivity contribution in [3.8, 4) is 0 Å². The summed E-state index contributed by atoms with van der Waals surface area (Å²) in [7, 11) is 1.76. The van der Waals surface area contributed by atoms with Crippen LogP contribution in [0, 0.1) is 5.92 Å². The van der Waals surface area contributed by atoms with E-state index in [-0.39, 0.29) is 0 Å². The van der Waals surface area contributed by atoms with Gasteiger partial charge in [0.05, 0.1) is 6.61 Å². The fourth-order valence-electron chi connectivity index (χ4n) is 2.62. The maximum Gasteiger partial charge on any atom is 0.0587 e. The van der Waals surface area contributed by atoms with E-state index in [1.165, 1.54) is 45.2 Å². The number of nitrogens with zero attached hydrogens (tertiary/aromatic N) is 1. The van der Waals surface area contributed by atoms with Crippen molar-refractivity contribution in [2.24, 2.45) is 5.92 Å². The average Bonchev–Trinajstić information content (AvgIpc) is 3.02. The summed E-state index contributed by atoms with van der Waals surface area (Å²) in [5.41, 5.74) is 0. The van der Waals surface area contributed by atoms with Gasteiger partial charge in [0.1, 0.15) is 0 Å². The van der Waals surface area contributed by atoms with E-state index in [2.05, 4.69) is 10.2 Å². The Morgan fingerprint density at radius 3 is 2.94 bits per heavy atom. The number of ether oxygens (including phenoxy) is 1. The molecule has 2 rings (SSSR count). The minimum absolute atomic E-state index is 0.788. The molecule has 1 atom stereocenters. The number of hydrogen-bond acceptors (Lipinski definition) is 3. The molecule has 2 fully saturated rings. The topological polar surface area (TPSA) is 24.5 Å². The molecular weight excluding hydrogens is 200 g/mol. The molecule has 1 saturated carbocycles. The smallest absolute Gasteiger partial charge is 0.0587 e. The molecule has 0 aromatic rings. The number of rotatable bonds is 8. The molecule has 94 valence electrons. The first-order valence-corrected chi connectivity index (χ1v) is 6.84. The summed E-state index contributed by atoms with van der Waals surface area (Å²) >= 11 is 0. The van der Waals surface area contributed by atoms with Crippen molar-refractivity contribution in [2.75, 3.05) is 39.9 Å². The number of methoxy groups -OCH3 is 1. The maximum absolute atomic E-state index is 5.04. The van der Waals surface area contributed by atoms with Crippen LogP contribution in [0.4, 0.5) is 0 Å². The van der Waals surface area contributed by atoms with Gasteiger partial charge in [-0.1, -0.05) is 12.8 Å². The van der Waals surface area contributed by atoms with E-state index in [1.807, 2.05) is 0 Å². The molecule has 16 heavy (non-hydrogen) atoms. The highest BCUT2D eigenvalue weighted by Crippen LogP contribution is 2.33. The van der Waals surface area contributed by atoms with Gasteiger partial charge < -0.3 is 10.1 Å². The molecule has 0 aromatic heterocycles. The van der Waals surface area contributed by atoms with Crippen molar-refractivity contribution in [2.45, 2.75) is 38.1 Å². The molecule has 0 radical (unpaired) electrons. The van der Waals surface area contributed by atoms with E-state index in [1.54, 1.807) is 7.11 Å². The molecule has 0 bridgehead atoms. The summed E-state index contributed by atoms with van der Waals surface area (Å²) in [6.45, 7) is 5.62. The quantitative estimate of drug-likeness (QED) is 0.635. The zero-order chi connectivity index (χ0) is 11.2. The predicted molar refractivity (Wildman–Crippen MR) is 66.7 cm³/mol. The Morgan fingerprint density at radius 1 is 1.31 bits per heavy atom. The van der Waals surface area contributed by atoms with Gasteiger partial charge in [0, 0.05) is 26.2 Å². The Kier molecular flexibility index (Phi) is 5.07. The van der Waals surface area contributed by atoms with Crippen LogP contribution in [-0.4, -0.2) is 50.8 Å². The molecule has 0 spiro atoms. The van der Waals surface area contributed by atoms with E-state index in [0.29, 0.717) is 0 Å². The van der Waals surface area contributed by atoms with Gasteiger partial charge in [-0.2, -0.15) is 0 Å². The highest BCUT2D eigenvalue weighted by atomic mass is 16.5. The summed E-state index contributed by atoms with van der Waals surface area (Å²) in [4.78, 5) is 2.69. The fraction of sp³-hybridized carbons (Fsp3) is 1.00. The molecule has 0 amide bonds. The van der Waals surface area contributed by atoms with Crippen molar-refractivity contribution in [1.82, 2.24) is 10.2 Å². The fourth-order valence-corrected chi connectivity index (χ4v) is 2.62. The van der Waals surface area contributed by atoms with Gasteiger partial charge in [0.2, 0.25) is 0 Å². The second-order valence-corrected chi connectivity index (χ2v) is 5.26. The number of hydrogen-bond donors (Lipinski definition) is 1. The van der Waals surface area contributed by atoms with Gasteiger partial charge in [0.15, 0.2) is 0 Å². The molecule has 1 N–H and O–H groups in total. The lowest BCUT2D eigenvalue weighted by Crippen LogP contribution is -2.39. The van der Waals surface area contributed by atoms with Crippen LogP contribution in [-0.2, 0) is 4.74 Å². The van der Waals surface area contributed by atoms with Crippen LogP contribution in [0.5, 0.6) is 0 Å². The predicted octanol–water partition coefficient (Wildman–Crippen LogP) is 1.49. The lowest BCUT2D eigenvalue weighted by Gasteiger charge is -2.24. The first kappa shape index (κ1) is 12.3. The van der Waals surface area contributed by atoms with E-state index >= 15 is 0 Å². The maximum atomic E-state index is 5.04. The van der Waals surface area contributed by atoms with Gasteiger partial charge in [-0.3, -0.25) is 4.90 Å². The second kappa shape index (κ2) is 6.58. The molecule has 1 saturated heterocycles. The third kappa shape index (κ3) is 4.04. The Balaban J connectivity index is 1.58. The van der Waals surface area contributed by atoms with Crippen LogP contribution in [0.2, 0.25) is 0 Å². The van der Waals surface area contributed by atoms with Crippen molar-refractivity contribution in [3.05, 3.63) is 0 Å². The van der Waals surface area contributed by atoms with Crippen molar-refractivity contribution in [1.29, 1.82) is 0 Å². The Labute approximate surface area is 99.5 Å². The van der Waals surface area contributed by atoms with E-state index in [4.69, 9.17) is 4.74 Å². The van der Waals surface area contributed by atoms with Gasteiger partial charge in [-0.05, 0) is 38.3 Å². The third-order valence-corrected chi connectivity index (χ3v) is 3.88. The van der Waals surface area contributed by atoms with Gasteiger partial charge >= 0.3 is 0 Å². The monoisotopic (exact) mass is 226 g/mol. The van der Waals surface area contributed by atoms with Crippen LogP contribution in [0.25, 0.3) is 0 Å². The summed E-state index contributed by atoms with van der Waals surface area (Å²) in [6, 6.07) is 0.788. The van der Waals surface area contributed by atoms with E-state index < -0.39 is 0 Å². The molecule has 1 heterocycles. The number of nitrogens with one attached hydrogen (secondary N) is 1. The van der Waals surface area contributed by atoms with Gasteiger partial charge in [-0.25, -0.2) is 0 Å². The van der Waals surface area contributed by atoms with E-state index in [9.17, 15) is 0 Å². The minimum atomic E-state index is 0.788. The SMILES string of the molecule is COCCNCC1CCCN1CCC1CC1. The summed E-state index contributed by atoms with van der Waals surface area (Å²) in [5.74, 6) is 1.07. The highest BCUT2D eigenvalue weighted by molar-refractivity contribution is 4.83. The van der Waals surface area contributed by atoms with Crippen LogP contribution in [0.3, 0.4) is 0 Å². The minimum Gasteiger partial charge on any atom is -0.383 e. The van der Waals surface area contributed by atoms with Crippen LogP contribution >= 0.6 is 0 Å². The summed E-state index contributed by atoms with van der Waals surface area (Å²) in [6.07, 6.45) is 7.19. The van der Waals surface area contributed by atoms with Crippen LogP contribution < -0.4 is 5.32 Å². The van der Waals surface area contributed by atoms with Crippen LogP contribution in [0.15, 0.2) is 0 Å². The average molecular weight is 226 g/mol. The van der Waals surface area contributed by atoms with Crippen LogP contribution in [0.1, 0.15) is 32.1 Å². The Hall–Kier alpha value is -0.120. The third-order valence-electron chi connectivity index (χ3n) is 3.88. The zero-order valence-electron chi connectivity index (χ0n) is 10.6. The molecule has 3 heteroatoms. The molecule has 0 aromatic carbocycles. The lowest BCUT2D eigenvalue weighted by molar-refractivity contribution is 0.191. The van der Waals surface area contributed by atoms with Crippen molar-refractivity contribution < 1.29 is 4.74 Å². The van der Waals surface area contributed by atoms with Crippen molar-refractivity contribution >= 4 is 0 Å². The molecule has 1 aliphatic carbocycles.